The Balaban J connectivity index is 1.95. The normalized spacial score (nSPS) is 18.5. The van der Waals surface area contributed by atoms with E-state index in [1.807, 2.05) is 24.3 Å². The third-order valence-corrected chi connectivity index (χ3v) is 3.71. The predicted octanol–water partition coefficient (Wildman–Crippen LogP) is 1.69. The van der Waals surface area contributed by atoms with Gasteiger partial charge >= 0.3 is 0 Å². The minimum atomic E-state index is -0.111. The van der Waals surface area contributed by atoms with Gasteiger partial charge in [-0.25, -0.2) is 4.98 Å². The molecule has 1 aromatic carbocycles. The number of carbonyl (C=O) groups excluding carboxylic acids is 1. The Morgan fingerprint density at radius 2 is 2.05 bits per heavy atom. The molecule has 1 fully saturated rings. The van der Waals surface area contributed by atoms with Crippen LogP contribution in [0.2, 0.25) is 0 Å². The Morgan fingerprint density at radius 1 is 1.30 bits per heavy atom. The zero-order chi connectivity index (χ0) is 14.1. The zero-order valence-electron chi connectivity index (χ0n) is 11.8. The van der Waals surface area contributed by atoms with Gasteiger partial charge in [0.1, 0.15) is 11.9 Å². The summed E-state index contributed by atoms with van der Waals surface area (Å²) in [6.07, 6.45) is 3.66. The highest BCUT2D eigenvalue weighted by Crippen LogP contribution is 2.25. The molecule has 1 unspecified atom stereocenters. The van der Waals surface area contributed by atoms with Gasteiger partial charge in [-0.2, -0.15) is 0 Å². The maximum Gasteiger partial charge on any atom is 0.244 e. The molecule has 3 rings (SSSR count). The summed E-state index contributed by atoms with van der Waals surface area (Å²) in [6.45, 7) is 0.858. The first-order chi connectivity index (χ1) is 9.66. The van der Waals surface area contributed by atoms with Crippen LogP contribution in [-0.4, -0.2) is 47.5 Å². The van der Waals surface area contributed by atoms with E-state index in [1.165, 1.54) is 0 Å². The van der Waals surface area contributed by atoms with E-state index in [1.54, 1.807) is 25.2 Å². The SMILES string of the molecule is CN(C)C(=O)C1CCCN1c1cnc2ccccc2n1. The number of nitrogens with zero attached hydrogens (tertiary/aromatic N) is 4. The maximum absolute atomic E-state index is 12.2. The summed E-state index contributed by atoms with van der Waals surface area (Å²) in [7, 11) is 3.59. The first-order valence-corrected chi connectivity index (χ1v) is 6.86. The number of fused-ring (bicyclic) bond motifs is 1. The lowest BCUT2D eigenvalue weighted by molar-refractivity contribution is -0.129. The van der Waals surface area contributed by atoms with Crippen molar-refractivity contribution in [3.63, 3.8) is 0 Å². The highest BCUT2D eigenvalue weighted by Gasteiger charge is 2.32. The number of carbonyl (C=O) groups is 1. The summed E-state index contributed by atoms with van der Waals surface area (Å²) in [5.41, 5.74) is 1.75. The number of anilines is 1. The number of para-hydroxylation sites is 2. The molecule has 1 aliphatic rings. The average molecular weight is 270 g/mol. The molecule has 5 nitrogen and oxygen atoms in total. The maximum atomic E-state index is 12.2. The Hall–Kier alpha value is -2.17. The number of rotatable bonds is 2. The predicted molar refractivity (Wildman–Crippen MR) is 78.6 cm³/mol. The number of benzene rings is 1. The van der Waals surface area contributed by atoms with Gasteiger partial charge < -0.3 is 9.80 Å². The van der Waals surface area contributed by atoms with Crippen LogP contribution >= 0.6 is 0 Å². The molecule has 1 saturated heterocycles. The summed E-state index contributed by atoms with van der Waals surface area (Å²) in [6, 6.07) is 7.68. The second kappa shape index (κ2) is 5.07. The van der Waals surface area contributed by atoms with Gasteiger partial charge in [-0.3, -0.25) is 9.78 Å². The van der Waals surface area contributed by atoms with Crippen LogP contribution < -0.4 is 4.90 Å². The van der Waals surface area contributed by atoms with E-state index in [2.05, 4.69) is 14.9 Å². The van der Waals surface area contributed by atoms with Crippen molar-refractivity contribution in [3.8, 4) is 0 Å². The Labute approximate surface area is 118 Å². The van der Waals surface area contributed by atoms with Crippen molar-refractivity contribution in [1.29, 1.82) is 0 Å². The molecule has 1 aliphatic heterocycles. The fourth-order valence-corrected chi connectivity index (χ4v) is 2.68. The van der Waals surface area contributed by atoms with Crippen molar-refractivity contribution in [2.24, 2.45) is 0 Å². The molecular weight excluding hydrogens is 252 g/mol. The molecule has 0 radical (unpaired) electrons. The van der Waals surface area contributed by atoms with Gasteiger partial charge in [-0.15, -0.1) is 0 Å². The van der Waals surface area contributed by atoms with Gasteiger partial charge in [0, 0.05) is 20.6 Å². The molecule has 0 spiro atoms. The van der Waals surface area contributed by atoms with Gasteiger partial charge in [-0.05, 0) is 25.0 Å². The first kappa shape index (κ1) is 12.8. The largest absolute Gasteiger partial charge is 0.347 e. The molecule has 20 heavy (non-hydrogen) atoms. The molecule has 0 aliphatic carbocycles. The first-order valence-electron chi connectivity index (χ1n) is 6.86. The summed E-state index contributed by atoms with van der Waals surface area (Å²) in [5, 5.41) is 0. The molecule has 1 atom stereocenters. The van der Waals surface area contributed by atoms with Gasteiger partial charge in [-0.1, -0.05) is 12.1 Å². The van der Waals surface area contributed by atoms with Gasteiger partial charge in [0.15, 0.2) is 0 Å². The van der Waals surface area contributed by atoms with Crippen LogP contribution in [-0.2, 0) is 4.79 Å². The topological polar surface area (TPSA) is 49.3 Å². The fourth-order valence-electron chi connectivity index (χ4n) is 2.68. The van der Waals surface area contributed by atoms with E-state index in [4.69, 9.17) is 0 Å². The highest BCUT2D eigenvalue weighted by molar-refractivity contribution is 5.85. The van der Waals surface area contributed by atoms with Crippen molar-refractivity contribution < 1.29 is 4.79 Å². The Bertz CT molecular complexity index is 641. The molecule has 2 aromatic rings. The molecule has 0 bridgehead atoms. The number of hydrogen-bond acceptors (Lipinski definition) is 4. The smallest absolute Gasteiger partial charge is 0.244 e. The van der Waals surface area contributed by atoms with Crippen LogP contribution in [0.5, 0.6) is 0 Å². The monoisotopic (exact) mass is 270 g/mol. The minimum Gasteiger partial charge on any atom is -0.347 e. The van der Waals surface area contributed by atoms with Gasteiger partial charge in [0.05, 0.1) is 17.2 Å². The van der Waals surface area contributed by atoms with E-state index < -0.39 is 0 Å². The summed E-state index contributed by atoms with van der Waals surface area (Å²) >= 11 is 0. The molecule has 0 N–H and O–H groups in total. The molecular formula is C15H18N4O. The summed E-state index contributed by atoms with van der Waals surface area (Å²) in [4.78, 5) is 25.0. The van der Waals surface area contributed by atoms with Crippen molar-refractivity contribution in [2.45, 2.75) is 18.9 Å². The van der Waals surface area contributed by atoms with Crippen LogP contribution in [0.15, 0.2) is 30.5 Å². The number of amides is 1. The lowest BCUT2D eigenvalue weighted by atomic mass is 10.2. The van der Waals surface area contributed by atoms with Gasteiger partial charge in [0.25, 0.3) is 0 Å². The number of aromatic nitrogens is 2. The summed E-state index contributed by atoms with van der Waals surface area (Å²) < 4.78 is 0. The zero-order valence-corrected chi connectivity index (χ0v) is 11.8. The number of likely N-dealkylation sites (N-methyl/N-ethyl adjacent to an activating group) is 1. The number of hydrogen-bond donors (Lipinski definition) is 0. The average Bonchev–Trinajstić information content (AvgIpc) is 2.95. The van der Waals surface area contributed by atoms with Crippen LogP contribution in [0, 0.1) is 0 Å². The van der Waals surface area contributed by atoms with E-state index in [-0.39, 0.29) is 11.9 Å². The van der Waals surface area contributed by atoms with E-state index >= 15 is 0 Å². The molecule has 1 aromatic heterocycles. The van der Waals surface area contributed by atoms with Crippen molar-refractivity contribution >= 4 is 22.8 Å². The molecule has 2 heterocycles. The van der Waals surface area contributed by atoms with Crippen LogP contribution in [0.25, 0.3) is 11.0 Å². The van der Waals surface area contributed by atoms with E-state index in [0.29, 0.717) is 0 Å². The van der Waals surface area contributed by atoms with Crippen molar-refractivity contribution in [3.05, 3.63) is 30.5 Å². The minimum absolute atomic E-state index is 0.111. The fraction of sp³-hybridized carbons (Fsp3) is 0.400. The Morgan fingerprint density at radius 3 is 2.80 bits per heavy atom. The molecule has 0 saturated carbocycles. The standard InChI is InChI=1S/C15H18N4O/c1-18(2)15(20)13-8-5-9-19(13)14-10-16-11-6-3-4-7-12(11)17-14/h3-4,6-7,10,13H,5,8-9H2,1-2H3. The quantitative estimate of drug-likeness (QED) is 0.833. The van der Waals surface area contributed by atoms with Crippen LogP contribution in [0.1, 0.15) is 12.8 Å². The second-order valence-corrected chi connectivity index (χ2v) is 5.30. The lowest BCUT2D eigenvalue weighted by Gasteiger charge is -2.26. The van der Waals surface area contributed by atoms with E-state index in [0.717, 1.165) is 36.2 Å². The van der Waals surface area contributed by atoms with Crippen molar-refractivity contribution in [2.75, 3.05) is 25.5 Å². The van der Waals surface area contributed by atoms with Crippen LogP contribution in [0.4, 0.5) is 5.82 Å². The third-order valence-electron chi connectivity index (χ3n) is 3.71. The van der Waals surface area contributed by atoms with Crippen molar-refractivity contribution in [1.82, 2.24) is 14.9 Å². The molecule has 1 amide bonds. The molecule has 5 heteroatoms. The van der Waals surface area contributed by atoms with Crippen LogP contribution in [0.3, 0.4) is 0 Å². The van der Waals surface area contributed by atoms with Gasteiger partial charge in [0.2, 0.25) is 5.91 Å². The lowest BCUT2D eigenvalue weighted by Crippen LogP contribution is -2.43. The Kier molecular flexibility index (Phi) is 3.26. The highest BCUT2D eigenvalue weighted by atomic mass is 16.2. The third kappa shape index (κ3) is 2.19. The van der Waals surface area contributed by atoms with E-state index in [9.17, 15) is 4.79 Å². The second-order valence-electron chi connectivity index (χ2n) is 5.30. The molecule has 104 valence electrons. The summed E-state index contributed by atoms with van der Waals surface area (Å²) in [5.74, 6) is 0.929.